The first-order valence-electron chi connectivity index (χ1n) is 8.95. The molecule has 0 unspecified atom stereocenters. The third-order valence-electron chi connectivity index (χ3n) is 4.56. The second kappa shape index (κ2) is 7.61. The van der Waals surface area contributed by atoms with Crippen LogP contribution in [0.5, 0.6) is 0 Å². The number of hydrazine groups is 1. The summed E-state index contributed by atoms with van der Waals surface area (Å²) in [6.45, 7) is 6.13. The summed E-state index contributed by atoms with van der Waals surface area (Å²) < 4.78 is 0. The summed E-state index contributed by atoms with van der Waals surface area (Å²) in [4.78, 5) is 30.8. The number of hydrogen-bond donors (Lipinski definition) is 1. The molecule has 0 aliphatic carbocycles. The molecule has 1 aliphatic rings. The number of aliphatic imine (C=N–C) groups is 1. The highest BCUT2D eigenvalue weighted by Crippen LogP contribution is 2.21. The van der Waals surface area contributed by atoms with Crippen molar-refractivity contribution in [1.29, 1.82) is 0 Å². The van der Waals surface area contributed by atoms with Crippen molar-refractivity contribution in [3.63, 3.8) is 0 Å². The Bertz CT molecular complexity index is 887. The Morgan fingerprint density at radius 2 is 1.89 bits per heavy atom. The molecule has 0 spiro atoms. The number of anilines is 2. The van der Waals surface area contributed by atoms with Crippen LogP contribution < -0.4 is 15.3 Å². The van der Waals surface area contributed by atoms with Gasteiger partial charge in [0.2, 0.25) is 5.84 Å². The molecular formula is C21H24N4O2. The molecule has 140 valence electrons. The van der Waals surface area contributed by atoms with Gasteiger partial charge in [0.1, 0.15) is 6.54 Å². The minimum Gasteiger partial charge on any atom is -0.309 e. The van der Waals surface area contributed by atoms with Gasteiger partial charge in [-0.1, -0.05) is 43.7 Å². The Kier molecular flexibility index (Phi) is 5.26. The van der Waals surface area contributed by atoms with Gasteiger partial charge >= 0.3 is 0 Å². The molecule has 6 nitrogen and oxygen atoms in total. The maximum Gasteiger partial charge on any atom is 0.294 e. The van der Waals surface area contributed by atoms with Crippen molar-refractivity contribution in [1.82, 2.24) is 5.43 Å². The van der Waals surface area contributed by atoms with Crippen LogP contribution in [0.1, 0.15) is 30.9 Å². The molecule has 0 saturated heterocycles. The van der Waals surface area contributed by atoms with Crippen LogP contribution >= 0.6 is 0 Å². The van der Waals surface area contributed by atoms with Gasteiger partial charge in [0.05, 0.1) is 5.69 Å². The minimum absolute atomic E-state index is 0.0676. The monoisotopic (exact) mass is 364 g/mol. The molecule has 3 rings (SSSR count). The molecule has 0 bridgehead atoms. The third kappa shape index (κ3) is 4.00. The normalized spacial score (nSPS) is 14.0. The predicted molar refractivity (Wildman–Crippen MR) is 108 cm³/mol. The highest BCUT2D eigenvalue weighted by Gasteiger charge is 2.27. The Balaban J connectivity index is 1.81. The van der Waals surface area contributed by atoms with E-state index in [1.54, 1.807) is 11.9 Å². The van der Waals surface area contributed by atoms with Crippen molar-refractivity contribution in [2.45, 2.75) is 26.7 Å². The van der Waals surface area contributed by atoms with E-state index >= 15 is 0 Å². The topological polar surface area (TPSA) is 65.0 Å². The van der Waals surface area contributed by atoms with Crippen LogP contribution in [0.2, 0.25) is 0 Å². The lowest BCUT2D eigenvalue weighted by Gasteiger charge is -2.29. The number of likely N-dealkylation sites (N-methyl/N-ethyl adjacent to an activating group) is 1. The quantitative estimate of drug-likeness (QED) is 0.907. The molecule has 0 aromatic heterocycles. The zero-order valence-electron chi connectivity index (χ0n) is 16.1. The van der Waals surface area contributed by atoms with Crippen molar-refractivity contribution in [3.05, 3.63) is 59.7 Å². The van der Waals surface area contributed by atoms with Gasteiger partial charge in [0.15, 0.2) is 0 Å². The fraction of sp³-hybridized carbons (Fsp3) is 0.286. The van der Waals surface area contributed by atoms with Crippen molar-refractivity contribution in [3.8, 4) is 0 Å². The molecule has 0 radical (unpaired) electrons. The molecule has 2 aromatic rings. The zero-order valence-corrected chi connectivity index (χ0v) is 16.1. The van der Waals surface area contributed by atoms with Crippen molar-refractivity contribution >= 4 is 29.0 Å². The maximum absolute atomic E-state index is 12.9. The molecule has 0 saturated carbocycles. The number of carbonyl (C=O) groups is 2. The van der Waals surface area contributed by atoms with Gasteiger partial charge in [-0.2, -0.15) is 0 Å². The average molecular weight is 364 g/mol. The summed E-state index contributed by atoms with van der Waals surface area (Å²) in [6.07, 6.45) is 0. The molecule has 2 amide bonds. The number of aryl methyl sites for hydroxylation is 1. The largest absolute Gasteiger partial charge is 0.309 e. The Morgan fingerprint density at radius 3 is 2.56 bits per heavy atom. The van der Waals surface area contributed by atoms with Gasteiger partial charge < -0.3 is 4.90 Å². The van der Waals surface area contributed by atoms with Gasteiger partial charge in [0.25, 0.3) is 11.8 Å². The standard InChI is InChI=1S/C21H24N4O2/c1-14(2)16-6-5-7-18(12-16)24(4)21(27)20-22-13-19(26)25(23-20)17-10-8-15(3)9-11-17/h5-12,14H,13H2,1-4H3,(H,22,23). The van der Waals surface area contributed by atoms with Crippen LogP contribution in [0.25, 0.3) is 0 Å². The van der Waals surface area contributed by atoms with E-state index in [0.29, 0.717) is 11.6 Å². The lowest BCUT2D eigenvalue weighted by Crippen LogP contribution is -2.56. The molecule has 1 N–H and O–H groups in total. The Labute approximate surface area is 159 Å². The van der Waals surface area contributed by atoms with Crippen molar-refractivity contribution in [2.75, 3.05) is 23.5 Å². The molecule has 6 heteroatoms. The Morgan fingerprint density at radius 1 is 1.19 bits per heavy atom. The molecule has 2 aromatic carbocycles. The molecule has 0 atom stereocenters. The van der Waals surface area contributed by atoms with E-state index in [4.69, 9.17) is 0 Å². The van der Waals surface area contributed by atoms with Gasteiger partial charge in [-0.25, -0.2) is 5.01 Å². The predicted octanol–water partition coefficient (Wildman–Crippen LogP) is 3.03. The number of amides is 2. The number of amidine groups is 1. The number of nitrogens with zero attached hydrogens (tertiary/aromatic N) is 3. The number of hydrogen-bond acceptors (Lipinski definition) is 4. The average Bonchev–Trinajstić information content (AvgIpc) is 2.68. The van der Waals surface area contributed by atoms with Crippen LogP contribution in [-0.4, -0.2) is 31.2 Å². The first kappa shape index (κ1) is 18.6. The number of rotatable bonds is 4. The molecule has 0 fully saturated rings. The second-order valence-electron chi connectivity index (χ2n) is 6.96. The summed E-state index contributed by atoms with van der Waals surface area (Å²) in [5.41, 5.74) is 6.58. The fourth-order valence-corrected chi connectivity index (χ4v) is 2.81. The van der Waals surface area contributed by atoms with E-state index in [1.807, 2.05) is 55.5 Å². The first-order valence-corrected chi connectivity index (χ1v) is 8.95. The number of carbonyl (C=O) groups excluding carboxylic acids is 2. The maximum atomic E-state index is 12.9. The summed E-state index contributed by atoms with van der Waals surface area (Å²) in [7, 11) is 1.71. The van der Waals surface area contributed by atoms with Crippen molar-refractivity contribution in [2.24, 2.45) is 4.99 Å². The van der Waals surface area contributed by atoms with Crippen LogP contribution in [0.15, 0.2) is 53.5 Å². The molecule has 1 aliphatic heterocycles. The van der Waals surface area contributed by atoms with Gasteiger partial charge in [-0.15, -0.1) is 0 Å². The summed E-state index contributed by atoms with van der Waals surface area (Å²) in [5, 5.41) is 1.37. The highest BCUT2D eigenvalue weighted by atomic mass is 16.2. The molecular weight excluding hydrogens is 340 g/mol. The lowest BCUT2D eigenvalue weighted by atomic mass is 10.0. The summed E-state index contributed by atoms with van der Waals surface area (Å²) in [5.74, 6) is 0.0150. The first-order chi connectivity index (χ1) is 12.9. The summed E-state index contributed by atoms with van der Waals surface area (Å²) in [6, 6.07) is 15.4. The summed E-state index contributed by atoms with van der Waals surface area (Å²) >= 11 is 0. The third-order valence-corrected chi connectivity index (χ3v) is 4.56. The highest BCUT2D eigenvalue weighted by molar-refractivity contribution is 6.43. The van der Waals surface area contributed by atoms with E-state index < -0.39 is 0 Å². The van der Waals surface area contributed by atoms with Gasteiger partial charge in [-0.05, 0) is 42.7 Å². The lowest BCUT2D eigenvalue weighted by molar-refractivity contribution is -0.118. The van der Waals surface area contributed by atoms with Crippen molar-refractivity contribution < 1.29 is 9.59 Å². The number of benzene rings is 2. The Hall–Kier alpha value is -3.15. The molecule has 1 heterocycles. The molecule has 27 heavy (non-hydrogen) atoms. The van der Waals surface area contributed by atoms with Crippen LogP contribution in [-0.2, 0) is 9.59 Å². The van der Waals surface area contributed by atoms with Gasteiger partial charge in [-0.3, -0.25) is 20.0 Å². The minimum atomic E-state index is -0.291. The van der Waals surface area contributed by atoms with E-state index in [0.717, 1.165) is 16.8 Å². The SMILES string of the molecule is Cc1ccc(N2NC(C(=O)N(C)c3cccc(C(C)C)c3)=NCC2=O)cc1. The van der Waals surface area contributed by atoms with E-state index in [1.165, 1.54) is 5.01 Å². The second-order valence-corrected chi connectivity index (χ2v) is 6.96. The van der Waals surface area contributed by atoms with Crippen LogP contribution in [0, 0.1) is 6.92 Å². The van der Waals surface area contributed by atoms with E-state index in [9.17, 15) is 9.59 Å². The smallest absolute Gasteiger partial charge is 0.294 e. The van der Waals surface area contributed by atoms with E-state index in [-0.39, 0.29) is 24.2 Å². The fourth-order valence-electron chi connectivity index (χ4n) is 2.81. The zero-order chi connectivity index (χ0) is 19.6. The van der Waals surface area contributed by atoms with Crippen LogP contribution in [0.3, 0.4) is 0 Å². The number of nitrogens with one attached hydrogen (secondary N) is 1. The van der Waals surface area contributed by atoms with Gasteiger partial charge in [0, 0.05) is 12.7 Å². The van der Waals surface area contributed by atoms with Crippen LogP contribution in [0.4, 0.5) is 11.4 Å². The van der Waals surface area contributed by atoms with E-state index in [2.05, 4.69) is 24.3 Å².